The van der Waals surface area contributed by atoms with E-state index in [0.717, 1.165) is 17.8 Å². The van der Waals surface area contributed by atoms with E-state index in [2.05, 4.69) is 44.4 Å². The molecule has 1 nitrogen and oxygen atoms in total. The van der Waals surface area contributed by atoms with Crippen molar-refractivity contribution in [3.63, 3.8) is 0 Å². The topological polar surface area (TPSA) is 12.0 Å². The number of rotatable bonds is 3. The maximum atomic E-state index is 3.65. The number of hydrogen-bond donors (Lipinski definition) is 1. The van der Waals surface area contributed by atoms with Gasteiger partial charge in [-0.15, -0.1) is 0 Å². The largest absolute Gasteiger partial charge is 0.313 e. The van der Waals surface area contributed by atoms with Crippen LogP contribution in [-0.4, -0.2) is 7.05 Å². The maximum absolute atomic E-state index is 3.65. The van der Waals surface area contributed by atoms with Crippen molar-refractivity contribution in [3.8, 4) is 0 Å². The Morgan fingerprint density at radius 3 is 2.52 bits per heavy atom. The molecule has 116 valence electrons. The van der Waals surface area contributed by atoms with Crippen molar-refractivity contribution in [1.82, 2.24) is 5.32 Å². The molecule has 0 spiro atoms. The molecular formula is C20H31N. The second-order valence-electron chi connectivity index (χ2n) is 7.50. The zero-order chi connectivity index (χ0) is 14.8. The van der Waals surface area contributed by atoms with E-state index in [1.54, 1.807) is 0 Å². The maximum Gasteiger partial charge on any atom is 0.0348 e. The van der Waals surface area contributed by atoms with E-state index in [1.807, 2.05) is 0 Å². The average molecular weight is 285 g/mol. The SMILES string of the molecule is CNC(c1cc(C)ccc1C)C1CCC2CCCCC2C1. The minimum Gasteiger partial charge on any atom is -0.313 e. The Hall–Kier alpha value is -0.820. The van der Waals surface area contributed by atoms with E-state index >= 15 is 0 Å². The van der Waals surface area contributed by atoms with Gasteiger partial charge >= 0.3 is 0 Å². The first-order valence-electron chi connectivity index (χ1n) is 8.93. The van der Waals surface area contributed by atoms with Crippen molar-refractivity contribution in [1.29, 1.82) is 0 Å². The van der Waals surface area contributed by atoms with E-state index in [1.165, 1.54) is 61.6 Å². The molecule has 4 atom stereocenters. The van der Waals surface area contributed by atoms with Crippen LogP contribution in [-0.2, 0) is 0 Å². The van der Waals surface area contributed by atoms with Gasteiger partial charge in [-0.05, 0) is 69.0 Å². The zero-order valence-electron chi connectivity index (χ0n) is 14.0. The minimum atomic E-state index is 0.549. The molecule has 4 unspecified atom stereocenters. The molecule has 0 saturated heterocycles. The van der Waals surface area contributed by atoms with Crippen LogP contribution in [0.2, 0.25) is 0 Å². The predicted octanol–water partition coefficient (Wildman–Crippen LogP) is 5.17. The summed E-state index contributed by atoms with van der Waals surface area (Å²) in [4.78, 5) is 0. The molecule has 0 bridgehead atoms. The fraction of sp³-hybridized carbons (Fsp3) is 0.700. The summed E-state index contributed by atoms with van der Waals surface area (Å²) in [5.41, 5.74) is 4.38. The molecule has 21 heavy (non-hydrogen) atoms. The molecule has 2 aliphatic carbocycles. The monoisotopic (exact) mass is 285 g/mol. The third kappa shape index (κ3) is 3.18. The quantitative estimate of drug-likeness (QED) is 0.808. The van der Waals surface area contributed by atoms with Gasteiger partial charge in [0.1, 0.15) is 0 Å². The molecule has 0 amide bonds. The molecular weight excluding hydrogens is 254 g/mol. The molecule has 2 saturated carbocycles. The first kappa shape index (κ1) is 15.1. The molecule has 1 aromatic carbocycles. The number of benzene rings is 1. The third-order valence-corrected chi connectivity index (χ3v) is 6.13. The second-order valence-corrected chi connectivity index (χ2v) is 7.50. The van der Waals surface area contributed by atoms with E-state index in [9.17, 15) is 0 Å². The van der Waals surface area contributed by atoms with Gasteiger partial charge in [-0.3, -0.25) is 0 Å². The lowest BCUT2D eigenvalue weighted by atomic mass is 9.65. The lowest BCUT2D eigenvalue weighted by Gasteiger charge is -2.42. The number of aryl methyl sites for hydroxylation is 2. The van der Waals surface area contributed by atoms with Crippen molar-refractivity contribution in [2.24, 2.45) is 17.8 Å². The van der Waals surface area contributed by atoms with E-state index < -0.39 is 0 Å². The van der Waals surface area contributed by atoms with E-state index in [-0.39, 0.29) is 0 Å². The van der Waals surface area contributed by atoms with Crippen LogP contribution in [0.1, 0.15) is 67.7 Å². The molecule has 1 N–H and O–H groups in total. The summed E-state index contributed by atoms with van der Waals surface area (Å²) in [5, 5.41) is 3.65. The smallest absolute Gasteiger partial charge is 0.0348 e. The van der Waals surface area contributed by atoms with Crippen LogP contribution in [0, 0.1) is 31.6 Å². The summed E-state index contributed by atoms with van der Waals surface area (Å²) < 4.78 is 0. The molecule has 1 aromatic rings. The van der Waals surface area contributed by atoms with E-state index in [0.29, 0.717) is 6.04 Å². The van der Waals surface area contributed by atoms with Gasteiger partial charge in [-0.1, -0.05) is 49.4 Å². The van der Waals surface area contributed by atoms with Gasteiger partial charge in [0.25, 0.3) is 0 Å². The van der Waals surface area contributed by atoms with Gasteiger partial charge < -0.3 is 5.32 Å². The van der Waals surface area contributed by atoms with Gasteiger partial charge in [0.2, 0.25) is 0 Å². The zero-order valence-corrected chi connectivity index (χ0v) is 14.0. The standard InChI is InChI=1S/C20H31N/c1-14-8-9-15(2)19(12-14)20(21-3)18-11-10-16-6-4-5-7-17(16)13-18/h8-9,12,16-18,20-21H,4-7,10-11,13H2,1-3H3. The van der Waals surface area contributed by atoms with Crippen LogP contribution in [0.15, 0.2) is 18.2 Å². The number of fused-ring (bicyclic) bond motifs is 1. The van der Waals surface area contributed by atoms with Gasteiger partial charge in [-0.2, -0.15) is 0 Å². The summed E-state index contributed by atoms with van der Waals surface area (Å²) in [7, 11) is 2.15. The molecule has 0 aromatic heterocycles. The molecule has 2 fully saturated rings. The molecule has 3 rings (SSSR count). The molecule has 0 radical (unpaired) electrons. The Morgan fingerprint density at radius 1 is 1.00 bits per heavy atom. The fourth-order valence-corrected chi connectivity index (χ4v) is 4.95. The Bertz CT molecular complexity index is 479. The average Bonchev–Trinajstić information content (AvgIpc) is 2.51. The minimum absolute atomic E-state index is 0.549. The summed E-state index contributed by atoms with van der Waals surface area (Å²) in [6.07, 6.45) is 10.3. The van der Waals surface area contributed by atoms with Crippen LogP contribution in [0.25, 0.3) is 0 Å². The van der Waals surface area contributed by atoms with Crippen molar-refractivity contribution >= 4 is 0 Å². The Kier molecular flexibility index (Phi) is 4.69. The summed E-state index contributed by atoms with van der Waals surface area (Å²) in [6.45, 7) is 4.49. The van der Waals surface area contributed by atoms with Crippen molar-refractivity contribution in [2.75, 3.05) is 7.05 Å². The fourth-order valence-electron chi connectivity index (χ4n) is 4.95. The predicted molar refractivity (Wildman–Crippen MR) is 90.5 cm³/mol. The van der Waals surface area contributed by atoms with Gasteiger partial charge in [0.05, 0.1) is 0 Å². The first-order valence-corrected chi connectivity index (χ1v) is 8.93. The van der Waals surface area contributed by atoms with Gasteiger partial charge in [0.15, 0.2) is 0 Å². The highest BCUT2D eigenvalue weighted by atomic mass is 14.9. The van der Waals surface area contributed by atoms with Crippen molar-refractivity contribution < 1.29 is 0 Å². The van der Waals surface area contributed by atoms with Crippen LogP contribution in [0.3, 0.4) is 0 Å². The first-order chi connectivity index (χ1) is 10.2. The summed E-state index contributed by atoms with van der Waals surface area (Å²) >= 11 is 0. The van der Waals surface area contributed by atoms with Crippen LogP contribution < -0.4 is 5.32 Å². The van der Waals surface area contributed by atoms with Crippen molar-refractivity contribution in [3.05, 3.63) is 34.9 Å². The van der Waals surface area contributed by atoms with Crippen molar-refractivity contribution in [2.45, 2.75) is 64.8 Å². The molecule has 0 heterocycles. The summed E-state index contributed by atoms with van der Waals surface area (Å²) in [6, 6.07) is 7.49. The normalized spacial score (nSPS) is 30.7. The lowest BCUT2D eigenvalue weighted by molar-refractivity contribution is 0.111. The second kappa shape index (κ2) is 6.52. The highest BCUT2D eigenvalue weighted by molar-refractivity contribution is 5.33. The van der Waals surface area contributed by atoms with Crippen LogP contribution in [0.5, 0.6) is 0 Å². The Morgan fingerprint density at radius 2 is 1.76 bits per heavy atom. The van der Waals surface area contributed by atoms with Crippen LogP contribution >= 0.6 is 0 Å². The highest BCUT2D eigenvalue weighted by Gasteiger charge is 2.35. The van der Waals surface area contributed by atoms with E-state index in [4.69, 9.17) is 0 Å². The van der Waals surface area contributed by atoms with Crippen LogP contribution in [0.4, 0.5) is 0 Å². The van der Waals surface area contributed by atoms with Gasteiger partial charge in [0, 0.05) is 6.04 Å². The molecule has 2 aliphatic rings. The number of nitrogens with one attached hydrogen (secondary N) is 1. The van der Waals surface area contributed by atoms with Gasteiger partial charge in [-0.25, -0.2) is 0 Å². The molecule has 0 aliphatic heterocycles. The Labute approximate surface area is 130 Å². The highest BCUT2D eigenvalue weighted by Crippen LogP contribution is 2.46. The molecule has 1 heteroatoms. The number of hydrogen-bond acceptors (Lipinski definition) is 1. The summed E-state index contributed by atoms with van der Waals surface area (Å²) in [5.74, 6) is 2.89. The lowest BCUT2D eigenvalue weighted by Crippen LogP contribution is -2.34. The Balaban J connectivity index is 1.78. The third-order valence-electron chi connectivity index (χ3n) is 6.13.